The van der Waals surface area contributed by atoms with E-state index in [0.29, 0.717) is 24.1 Å². The van der Waals surface area contributed by atoms with Crippen LogP contribution in [0.2, 0.25) is 0 Å². The maximum absolute atomic E-state index is 11.8. The lowest BCUT2D eigenvalue weighted by atomic mass is 10.0. The highest BCUT2D eigenvalue weighted by Gasteiger charge is 2.17. The number of anilines is 1. The summed E-state index contributed by atoms with van der Waals surface area (Å²) < 4.78 is 22.2. The molecule has 0 fully saturated rings. The summed E-state index contributed by atoms with van der Waals surface area (Å²) in [5.41, 5.74) is 1.96. The number of amides is 1. The normalized spacial score (nSPS) is 15.3. The van der Waals surface area contributed by atoms with Gasteiger partial charge in [0.2, 0.25) is 5.91 Å². The van der Waals surface area contributed by atoms with Gasteiger partial charge >= 0.3 is 0 Å². The number of hydrogen-bond acceptors (Lipinski definition) is 4. The second-order valence-corrected chi connectivity index (χ2v) is 6.91. The molecule has 1 heterocycles. The van der Waals surface area contributed by atoms with E-state index >= 15 is 0 Å². The van der Waals surface area contributed by atoms with E-state index in [9.17, 15) is 18.0 Å². The summed E-state index contributed by atoms with van der Waals surface area (Å²) in [7, 11) is -3.33. The van der Waals surface area contributed by atoms with Gasteiger partial charge in [-0.15, -0.1) is 0 Å². The van der Waals surface area contributed by atoms with Gasteiger partial charge in [-0.3, -0.25) is 9.59 Å². The van der Waals surface area contributed by atoms with Crippen LogP contribution < -0.4 is 5.32 Å². The van der Waals surface area contributed by atoms with Crippen LogP contribution >= 0.6 is 0 Å². The second kappa shape index (κ2) is 5.13. The molecule has 0 aromatic heterocycles. The lowest BCUT2D eigenvalue weighted by Crippen LogP contribution is -2.15. The third-order valence-electron chi connectivity index (χ3n) is 2.94. The molecule has 1 aliphatic rings. The molecule has 5 nitrogen and oxygen atoms in total. The molecule has 2 rings (SSSR count). The second-order valence-electron chi connectivity index (χ2n) is 4.77. The van der Waals surface area contributed by atoms with E-state index in [-0.39, 0.29) is 5.91 Å². The molecule has 0 unspecified atom stereocenters. The van der Waals surface area contributed by atoms with Gasteiger partial charge < -0.3 is 5.32 Å². The van der Waals surface area contributed by atoms with Gasteiger partial charge in [-0.05, 0) is 36.6 Å². The summed E-state index contributed by atoms with van der Waals surface area (Å²) in [5, 5.41) is 2.77. The number of fused-ring (bicyclic) bond motifs is 1. The molecule has 1 aromatic rings. The Balaban J connectivity index is 2.28. The summed E-state index contributed by atoms with van der Waals surface area (Å²) in [6, 6.07) is 4.89. The quantitative estimate of drug-likeness (QED) is 0.844. The van der Waals surface area contributed by atoms with Crippen molar-refractivity contribution in [2.24, 2.45) is 0 Å². The van der Waals surface area contributed by atoms with Gasteiger partial charge in [0.1, 0.15) is 5.75 Å². The van der Waals surface area contributed by atoms with Crippen molar-refractivity contribution >= 4 is 27.2 Å². The van der Waals surface area contributed by atoms with Crippen molar-refractivity contribution in [1.29, 1.82) is 0 Å². The molecular weight excluding hydrogens is 266 g/mol. The minimum Gasteiger partial charge on any atom is -0.326 e. The van der Waals surface area contributed by atoms with Gasteiger partial charge in [-0.1, -0.05) is 0 Å². The molecule has 0 aliphatic carbocycles. The van der Waals surface area contributed by atoms with E-state index in [4.69, 9.17) is 0 Å². The van der Waals surface area contributed by atoms with E-state index in [2.05, 4.69) is 5.32 Å². The summed E-state index contributed by atoms with van der Waals surface area (Å²) in [6.45, 7) is 0. The molecule has 0 saturated carbocycles. The first kappa shape index (κ1) is 13.7. The minimum atomic E-state index is -3.33. The first-order valence-corrected chi connectivity index (χ1v) is 8.05. The Labute approximate surface area is 111 Å². The molecule has 1 amide bonds. The van der Waals surface area contributed by atoms with E-state index in [0.717, 1.165) is 18.2 Å². The first-order valence-electron chi connectivity index (χ1n) is 5.99. The summed E-state index contributed by atoms with van der Waals surface area (Å²) in [4.78, 5) is 23.2. The molecule has 19 heavy (non-hydrogen) atoms. The van der Waals surface area contributed by atoms with Crippen molar-refractivity contribution in [2.45, 2.75) is 19.3 Å². The van der Waals surface area contributed by atoms with E-state index in [1.165, 1.54) is 0 Å². The topological polar surface area (TPSA) is 80.3 Å². The molecule has 1 aliphatic heterocycles. The van der Waals surface area contributed by atoms with Gasteiger partial charge in [0.25, 0.3) is 0 Å². The standard InChI is InChI=1S/C13H15NO4S/c1-19(17,18)8-12(15)10-5-6-11-9(7-10)3-2-4-13(16)14-11/h5-7H,2-4,8H2,1H3,(H,14,16). The number of hydrogen-bond donors (Lipinski definition) is 1. The van der Waals surface area contributed by atoms with Gasteiger partial charge in [0, 0.05) is 23.9 Å². The van der Waals surface area contributed by atoms with Crippen molar-refractivity contribution in [3.63, 3.8) is 0 Å². The first-order chi connectivity index (χ1) is 8.85. The average Bonchev–Trinajstić information content (AvgIpc) is 2.46. The number of rotatable bonds is 3. The zero-order valence-corrected chi connectivity index (χ0v) is 11.4. The summed E-state index contributed by atoms with van der Waals surface area (Å²) >= 11 is 0. The number of Topliss-reactive ketones (excluding diaryl/α,β-unsaturated/α-hetero) is 1. The molecule has 0 atom stereocenters. The fraction of sp³-hybridized carbons (Fsp3) is 0.385. The number of benzene rings is 1. The lowest BCUT2D eigenvalue weighted by molar-refractivity contribution is -0.116. The van der Waals surface area contributed by atoms with Crippen LogP contribution in [0, 0.1) is 0 Å². The maximum Gasteiger partial charge on any atom is 0.224 e. The van der Waals surface area contributed by atoms with Crippen LogP contribution in [0.15, 0.2) is 18.2 Å². The maximum atomic E-state index is 11.8. The van der Waals surface area contributed by atoms with Crippen LogP contribution in [-0.2, 0) is 21.1 Å². The zero-order chi connectivity index (χ0) is 14.0. The third kappa shape index (κ3) is 3.64. The lowest BCUT2D eigenvalue weighted by Gasteiger charge is -2.08. The Kier molecular flexibility index (Phi) is 3.71. The molecule has 0 saturated heterocycles. The van der Waals surface area contributed by atoms with Crippen LogP contribution in [-0.4, -0.2) is 32.1 Å². The van der Waals surface area contributed by atoms with Crippen LogP contribution in [0.3, 0.4) is 0 Å². The van der Waals surface area contributed by atoms with Gasteiger partial charge in [0.05, 0.1) is 0 Å². The van der Waals surface area contributed by atoms with Crippen LogP contribution in [0.25, 0.3) is 0 Å². The molecule has 1 N–H and O–H groups in total. The molecular formula is C13H15NO4S. The Hall–Kier alpha value is -1.69. The third-order valence-corrected chi connectivity index (χ3v) is 3.73. The van der Waals surface area contributed by atoms with E-state index in [1.807, 2.05) is 0 Å². The number of ketones is 1. The molecule has 1 aromatic carbocycles. The Morgan fingerprint density at radius 1 is 1.32 bits per heavy atom. The number of sulfone groups is 1. The number of aryl methyl sites for hydroxylation is 1. The zero-order valence-electron chi connectivity index (χ0n) is 10.6. The fourth-order valence-electron chi connectivity index (χ4n) is 2.07. The number of carbonyl (C=O) groups excluding carboxylic acids is 2. The molecule has 6 heteroatoms. The van der Waals surface area contributed by atoms with Crippen molar-refractivity contribution in [3.8, 4) is 0 Å². The van der Waals surface area contributed by atoms with Crippen molar-refractivity contribution in [2.75, 3.05) is 17.3 Å². The van der Waals surface area contributed by atoms with Crippen molar-refractivity contribution in [3.05, 3.63) is 29.3 Å². The number of carbonyl (C=O) groups is 2. The molecule has 0 bridgehead atoms. The molecule has 0 radical (unpaired) electrons. The highest BCUT2D eigenvalue weighted by Crippen LogP contribution is 2.23. The summed E-state index contributed by atoms with van der Waals surface area (Å²) in [5.74, 6) is -0.937. The van der Waals surface area contributed by atoms with Gasteiger partial charge in [-0.2, -0.15) is 0 Å². The van der Waals surface area contributed by atoms with Crippen molar-refractivity contribution in [1.82, 2.24) is 0 Å². The fourth-order valence-corrected chi connectivity index (χ4v) is 2.71. The Bertz CT molecular complexity index is 634. The van der Waals surface area contributed by atoms with Crippen molar-refractivity contribution < 1.29 is 18.0 Å². The predicted octanol–water partition coefficient (Wildman–Crippen LogP) is 1.19. The SMILES string of the molecule is CS(=O)(=O)CC(=O)c1ccc2c(c1)CCCC(=O)N2. The smallest absolute Gasteiger partial charge is 0.224 e. The summed E-state index contributed by atoms with van der Waals surface area (Å²) in [6.07, 6.45) is 2.92. The minimum absolute atomic E-state index is 0.0334. The van der Waals surface area contributed by atoms with Crippen LogP contribution in [0.5, 0.6) is 0 Å². The van der Waals surface area contributed by atoms with E-state index in [1.54, 1.807) is 18.2 Å². The van der Waals surface area contributed by atoms with Crippen LogP contribution in [0.4, 0.5) is 5.69 Å². The van der Waals surface area contributed by atoms with Gasteiger partial charge in [0.15, 0.2) is 15.6 Å². The predicted molar refractivity (Wildman–Crippen MR) is 72.1 cm³/mol. The highest BCUT2D eigenvalue weighted by molar-refractivity contribution is 7.91. The largest absolute Gasteiger partial charge is 0.326 e. The highest BCUT2D eigenvalue weighted by atomic mass is 32.2. The average molecular weight is 281 g/mol. The van der Waals surface area contributed by atoms with E-state index < -0.39 is 21.4 Å². The monoisotopic (exact) mass is 281 g/mol. The Morgan fingerprint density at radius 2 is 2.05 bits per heavy atom. The molecule has 0 spiro atoms. The van der Waals surface area contributed by atoms with Gasteiger partial charge in [-0.25, -0.2) is 8.42 Å². The molecule has 102 valence electrons. The Morgan fingerprint density at radius 3 is 2.74 bits per heavy atom. The van der Waals surface area contributed by atoms with Crippen LogP contribution in [0.1, 0.15) is 28.8 Å². The number of nitrogens with one attached hydrogen (secondary N) is 1.